The number of pyridine rings is 2. The molecule has 0 aliphatic rings. The smallest absolute Gasteiger partial charge is 0.175 e. The fourth-order valence-corrected chi connectivity index (χ4v) is 5.73. The van der Waals surface area contributed by atoms with E-state index in [1.54, 1.807) is 50.5 Å². The van der Waals surface area contributed by atoms with Crippen molar-refractivity contribution in [2.45, 2.75) is 23.5 Å². The van der Waals surface area contributed by atoms with Crippen LogP contribution in [-0.2, 0) is 24.4 Å². The summed E-state index contributed by atoms with van der Waals surface area (Å²) in [6.07, 6.45) is 5.88. The predicted molar refractivity (Wildman–Crippen MR) is 157 cm³/mol. The van der Waals surface area contributed by atoms with Crippen LogP contribution >= 0.6 is 0 Å². The number of aromatic nitrogens is 2. The average molecular weight is 557 g/mol. The summed E-state index contributed by atoms with van der Waals surface area (Å²) in [6, 6.07) is 26.1. The molecule has 5 rings (SSSR count). The van der Waals surface area contributed by atoms with E-state index >= 15 is 0 Å². The Morgan fingerprint density at radius 3 is 1.95 bits per heavy atom. The summed E-state index contributed by atoms with van der Waals surface area (Å²) in [7, 11) is -6.69. The first-order chi connectivity index (χ1) is 18.4. The largest absolute Gasteiger partial charge is 0.256 e. The first kappa shape index (κ1) is 26.7. The van der Waals surface area contributed by atoms with Crippen molar-refractivity contribution in [3.63, 3.8) is 0 Å². The van der Waals surface area contributed by atoms with Gasteiger partial charge in [0.05, 0.1) is 20.9 Å². The van der Waals surface area contributed by atoms with Crippen molar-refractivity contribution in [1.29, 1.82) is 0 Å². The summed E-state index contributed by atoms with van der Waals surface area (Å²) < 4.78 is 48.1. The lowest BCUT2D eigenvalue weighted by Gasteiger charge is -2.24. The molecule has 0 aliphatic heterocycles. The van der Waals surface area contributed by atoms with Gasteiger partial charge in [-0.1, -0.05) is 42.5 Å². The van der Waals surface area contributed by atoms with Crippen molar-refractivity contribution in [3.8, 4) is 33.5 Å². The minimum atomic E-state index is -3.39. The Balaban J connectivity index is 1.67. The molecule has 6 nitrogen and oxygen atoms in total. The number of sulfone groups is 2. The van der Waals surface area contributed by atoms with Crippen LogP contribution < -0.4 is 0 Å². The molecule has 8 heteroatoms. The van der Waals surface area contributed by atoms with Gasteiger partial charge in [0, 0.05) is 47.0 Å². The normalized spacial score (nSPS) is 12.5. The third-order valence-electron chi connectivity index (χ3n) is 7.18. The highest BCUT2D eigenvalue weighted by Gasteiger charge is 2.33. The summed E-state index contributed by atoms with van der Waals surface area (Å²) in [4.78, 5) is 9.49. The van der Waals surface area contributed by atoms with Crippen molar-refractivity contribution >= 4 is 30.6 Å². The maximum Gasteiger partial charge on any atom is 0.175 e. The highest BCUT2D eigenvalue weighted by molar-refractivity contribution is 7.91. The van der Waals surface area contributed by atoms with Crippen molar-refractivity contribution in [1.82, 2.24) is 9.97 Å². The SMILES string of the molecule is CC(C)(c1cc(-c2cccc(-c3cccnc3-c3ccc(S(C)(=O)=O)cc3)c2)c2ncccc2c1)S(C)(=O)=O. The Labute approximate surface area is 229 Å². The number of nitrogens with zero attached hydrogens (tertiary/aromatic N) is 2. The van der Waals surface area contributed by atoms with Gasteiger partial charge in [0.15, 0.2) is 19.7 Å². The van der Waals surface area contributed by atoms with Gasteiger partial charge in [-0.3, -0.25) is 9.97 Å². The minimum absolute atomic E-state index is 0.252. The molecular weight excluding hydrogens is 528 g/mol. The molecule has 0 atom stereocenters. The Bertz CT molecular complexity index is 1930. The minimum Gasteiger partial charge on any atom is -0.256 e. The van der Waals surface area contributed by atoms with E-state index in [1.807, 2.05) is 60.7 Å². The zero-order valence-corrected chi connectivity index (χ0v) is 23.7. The lowest BCUT2D eigenvalue weighted by atomic mass is 9.91. The van der Waals surface area contributed by atoms with Crippen LogP contribution in [0.3, 0.4) is 0 Å². The van der Waals surface area contributed by atoms with E-state index in [9.17, 15) is 16.8 Å². The van der Waals surface area contributed by atoms with Gasteiger partial charge in [-0.25, -0.2) is 16.8 Å². The maximum atomic E-state index is 12.7. The average Bonchev–Trinajstić information content (AvgIpc) is 2.91. The number of fused-ring (bicyclic) bond motifs is 1. The number of benzene rings is 3. The van der Waals surface area contributed by atoms with Crippen molar-refractivity contribution < 1.29 is 16.8 Å². The van der Waals surface area contributed by atoms with Gasteiger partial charge in [-0.15, -0.1) is 0 Å². The van der Waals surface area contributed by atoms with Crippen LogP contribution in [0.2, 0.25) is 0 Å². The number of rotatable bonds is 6. The second-order valence-electron chi connectivity index (χ2n) is 10.2. The van der Waals surface area contributed by atoms with Crippen LogP contribution in [0.25, 0.3) is 44.4 Å². The van der Waals surface area contributed by atoms with Crippen LogP contribution in [0.4, 0.5) is 0 Å². The molecule has 2 aromatic heterocycles. The molecule has 0 amide bonds. The monoisotopic (exact) mass is 556 g/mol. The van der Waals surface area contributed by atoms with Crippen LogP contribution in [0, 0.1) is 0 Å². The fourth-order valence-electron chi connectivity index (χ4n) is 4.56. The molecule has 0 radical (unpaired) electrons. The van der Waals surface area contributed by atoms with E-state index in [-0.39, 0.29) is 4.90 Å². The lowest BCUT2D eigenvalue weighted by Crippen LogP contribution is -2.28. The van der Waals surface area contributed by atoms with E-state index in [0.717, 1.165) is 44.4 Å². The molecule has 39 heavy (non-hydrogen) atoms. The molecule has 0 unspecified atom stereocenters. The summed E-state index contributed by atoms with van der Waals surface area (Å²) >= 11 is 0. The molecular formula is C31H28N2O4S2. The molecule has 0 spiro atoms. The maximum absolute atomic E-state index is 12.7. The number of hydrogen-bond donors (Lipinski definition) is 0. The van der Waals surface area contributed by atoms with E-state index in [2.05, 4.69) is 9.97 Å². The quantitative estimate of drug-likeness (QED) is 0.243. The van der Waals surface area contributed by atoms with E-state index in [0.29, 0.717) is 5.56 Å². The summed E-state index contributed by atoms with van der Waals surface area (Å²) in [6.45, 7) is 3.44. The third kappa shape index (κ3) is 5.10. The Morgan fingerprint density at radius 1 is 0.641 bits per heavy atom. The van der Waals surface area contributed by atoms with E-state index < -0.39 is 24.4 Å². The molecule has 198 valence electrons. The van der Waals surface area contributed by atoms with Crippen LogP contribution in [0.1, 0.15) is 19.4 Å². The molecule has 0 saturated heterocycles. The second-order valence-corrected chi connectivity index (χ2v) is 14.7. The summed E-state index contributed by atoms with van der Waals surface area (Å²) in [5.74, 6) is 0. The van der Waals surface area contributed by atoms with Crippen LogP contribution in [0.15, 0.2) is 102 Å². The molecule has 0 saturated carbocycles. The molecule has 3 aromatic carbocycles. The summed E-state index contributed by atoms with van der Waals surface area (Å²) in [5.41, 5.74) is 6.53. The van der Waals surface area contributed by atoms with Crippen molar-refractivity contribution in [2.24, 2.45) is 0 Å². The zero-order valence-electron chi connectivity index (χ0n) is 22.1. The highest BCUT2D eigenvalue weighted by Crippen LogP contribution is 2.38. The molecule has 0 aliphatic carbocycles. The number of hydrogen-bond acceptors (Lipinski definition) is 6. The molecule has 2 heterocycles. The highest BCUT2D eigenvalue weighted by atomic mass is 32.2. The summed E-state index contributed by atoms with van der Waals surface area (Å²) in [5, 5.41) is 0.861. The Hall–Kier alpha value is -3.88. The van der Waals surface area contributed by atoms with Gasteiger partial charge < -0.3 is 0 Å². The molecule has 5 aromatic rings. The lowest BCUT2D eigenvalue weighted by molar-refractivity contribution is 0.561. The van der Waals surface area contributed by atoms with Gasteiger partial charge in [0.1, 0.15) is 0 Å². The van der Waals surface area contributed by atoms with Gasteiger partial charge >= 0.3 is 0 Å². The van der Waals surface area contributed by atoms with Gasteiger partial charge in [-0.2, -0.15) is 0 Å². The first-order valence-corrected chi connectivity index (χ1v) is 16.1. The van der Waals surface area contributed by atoms with E-state index in [4.69, 9.17) is 0 Å². The van der Waals surface area contributed by atoms with Crippen LogP contribution in [-0.4, -0.2) is 39.3 Å². The van der Waals surface area contributed by atoms with Crippen molar-refractivity contribution in [2.75, 3.05) is 12.5 Å². The Kier molecular flexibility index (Phi) is 6.64. The predicted octanol–water partition coefficient (Wildman–Crippen LogP) is 6.31. The Morgan fingerprint density at radius 2 is 1.28 bits per heavy atom. The first-order valence-electron chi connectivity index (χ1n) is 12.3. The van der Waals surface area contributed by atoms with Crippen LogP contribution in [0.5, 0.6) is 0 Å². The standard InChI is InChI=1S/C31H28N2O4S2/c1-31(2,39(4,36)37)25-19-24-10-6-16-33-30(24)28(20-25)23-9-5-8-22(18-23)27-11-7-17-32-29(27)21-12-14-26(15-13-21)38(3,34)35/h5-20H,1-4H3. The van der Waals surface area contributed by atoms with Crippen molar-refractivity contribution in [3.05, 3.63) is 103 Å². The zero-order chi connectivity index (χ0) is 28.0. The molecule has 0 bridgehead atoms. The third-order valence-corrected chi connectivity index (χ3v) is 10.4. The second kappa shape index (κ2) is 9.70. The molecule has 0 N–H and O–H groups in total. The van der Waals surface area contributed by atoms with Gasteiger partial charge in [0.25, 0.3) is 0 Å². The van der Waals surface area contributed by atoms with E-state index in [1.165, 1.54) is 12.5 Å². The fraction of sp³-hybridized carbons (Fsp3) is 0.161. The van der Waals surface area contributed by atoms with Gasteiger partial charge in [-0.05, 0) is 73.0 Å². The topological polar surface area (TPSA) is 94.1 Å². The molecule has 0 fully saturated rings. The van der Waals surface area contributed by atoms with Gasteiger partial charge in [0.2, 0.25) is 0 Å².